The van der Waals surface area contributed by atoms with E-state index in [0.717, 1.165) is 12.8 Å². The number of halogens is 2. The van der Waals surface area contributed by atoms with Crippen molar-refractivity contribution in [2.24, 2.45) is 0 Å². The molecule has 118 valence electrons. The van der Waals surface area contributed by atoms with Crippen LogP contribution in [-0.4, -0.2) is 17.6 Å². The Kier molecular flexibility index (Phi) is 6.36. The highest BCUT2D eigenvalue weighted by atomic mass is 35.5. The first-order valence-corrected chi connectivity index (χ1v) is 8.24. The summed E-state index contributed by atoms with van der Waals surface area (Å²) in [7, 11) is 0. The van der Waals surface area contributed by atoms with Crippen molar-refractivity contribution in [3.63, 3.8) is 0 Å². The lowest BCUT2D eigenvalue weighted by Gasteiger charge is -2.12. The van der Waals surface area contributed by atoms with E-state index in [-0.39, 0.29) is 17.5 Å². The van der Waals surface area contributed by atoms with E-state index in [2.05, 4.69) is 5.32 Å². The minimum absolute atomic E-state index is 0.00793. The van der Waals surface area contributed by atoms with E-state index in [0.29, 0.717) is 12.0 Å². The monoisotopic (exact) mass is 341 g/mol. The molecule has 1 unspecified atom stereocenters. The zero-order valence-electron chi connectivity index (χ0n) is 11.9. The van der Waals surface area contributed by atoms with Crippen LogP contribution in [0, 0.1) is 5.82 Å². The lowest BCUT2D eigenvalue weighted by Crippen LogP contribution is -2.28. The van der Waals surface area contributed by atoms with Gasteiger partial charge in [0.2, 0.25) is 5.91 Å². The Balaban J connectivity index is 1.72. The number of rotatable bonds is 7. The molecule has 0 aliphatic carbocycles. The molecule has 0 fully saturated rings. The zero-order valence-corrected chi connectivity index (χ0v) is 13.5. The largest absolute Gasteiger partial charge is 0.387 e. The quantitative estimate of drug-likeness (QED) is 0.806. The Morgan fingerprint density at radius 2 is 2.23 bits per heavy atom. The number of aliphatic hydroxyl groups excluding tert-OH is 1. The molecular weight excluding hydrogens is 325 g/mol. The molecule has 1 heterocycles. The van der Waals surface area contributed by atoms with E-state index in [1.807, 2.05) is 17.5 Å². The first-order valence-electron chi connectivity index (χ1n) is 6.98. The topological polar surface area (TPSA) is 49.3 Å². The van der Waals surface area contributed by atoms with Crippen LogP contribution in [0.4, 0.5) is 4.39 Å². The Bertz CT molecular complexity index is 619. The summed E-state index contributed by atoms with van der Waals surface area (Å²) in [5.74, 6) is -0.703. The highest BCUT2D eigenvalue weighted by molar-refractivity contribution is 7.09. The van der Waals surface area contributed by atoms with Gasteiger partial charge < -0.3 is 10.4 Å². The zero-order chi connectivity index (χ0) is 15.9. The summed E-state index contributed by atoms with van der Waals surface area (Å²) >= 11 is 7.26. The van der Waals surface area contributed by atoms with Crippen LogP contribution in [0.2, 0.25) is 5.02 Å². The van der Waals surface area contributed by atoms with Crippen LogP contribution < -0.4 is 5.32 Å². The fourth-order valence-electron chi connectivity index (χ4n) is 2.01. The second-order valence-electron chi connectivity index (χ2n) is 4.93. The minimum atomic E-state index is -0.951. The molecule has 0 radical (unpaired) electrons. The van der Waals surface area contributed by atoms with Gasteiger partial charge in [-0.3, -0.25) is 4.79 Å². The van der Waals surface area contributed by atoms with Crippen molar-refractivity contribution in [1.82, 2.24) is 5.32 Å². The average molecular weight is 342 g/mol. The smallest absolute Gasteiger partial charge is 0.220 e. The van der Waals surface area contributed by atoms with Gasteiger partial charge in [0.1, 0.15) is 5.82 Å². The van der Waals surface area contributed by atoms with Crippen LogP contribution in [0.15, 0.2) is 35.7 Å². The van der Waals surface area contributed by atoms with Gasteiger partial charge in [0.05, 0.1) is 11.1 Å². The summed E-state index contributed by atoms with van der Waals surface area (Å²) in [5, 5.41) is 14.6. The fraction of sp³-hybridized carbons (Fsp3) is 0.312. The van der Waals surface area contributed by atoms with E-state index < -0.39 is 11.9 Å². The molecule has 0 spiro atoms. The van der Waals surface area contributed by atoms with Crippen molar-refractivity contribution in [1.29, 1.82) is 0 Å². The Labute approximate surface area is 137 Å². The van der Waals surface area contributed by atoms with Gasteiger partial charge in [-0.25, -0.2) is 4.39 Å². The standard InChI is InChI=1S/C16H17ClFNO2S/c17-13-7-6-11(9-14(13)18)15(20)10-19-16(21)5-1-3-12-4-2-8-22-12/h2,4,6-9,15,20H,1,3,5,10H2,(H,19,21). The maximum absolute atomic E-state index is 13.3. The number of aryl methyl sites for hydroxylation is 1. The van der Waals surface area contributed by atoms with Gasteiger partial charge >= 0.3 is 0 Å². The van der Waals surface area contributed by atoms with Crippen LogP contribution in [0.5, 0.6) is 0 Å². The maximum Gasteiger partial charge on any atom is 0.220 e. The lowest BCUT2D eigenvalue weighted by atomic mass is 10.1. The molecule has 1 atom stereocenters. The van der Waals surface area contributed by atoms with Gasteiger partial charge in [0.15, 0.2) is 0 Å². The van der Waals surface area contributed by atoms with Crippen molar-refractivity contribution in [2.75, 3.05) is 6.54 Å². The Morgan fingerprint density at radius 3 is 2.91 bits per heavy atom. The number of hydrogen-bond donors (Lipinski definition) is 2. The van der Waals surface area contributed by atoms with Gasteiger partial charge in [-0.1, -0.05) is 23.7 Å². The van der Waals surface area contributed by atoms with Gasteiger partial charge in [-0.2, -0.15) is 0 Å². The third kappa shape index (κ3) is 5.09. The molecule has 22 heavy (non-hydrogen) atoms. The van der Waals surface area contributed by atoms with Gasteiger partial charge in [0, 0.05) is 17.8 Å². The molecule has 2 rings (SSSR count). The third-order valence-corrected chi connectivity index (χ3v) is 4.47. The van der Waals surface area contributed by atoms with Crippen molar-refractivity contribution in [3.05, 3.63) is 57.0 Å². The fourth-order valence-corrected chi connectivity index (χ4v) is 2.88. The molecule has 0 aliphatic rings. The number of thiophene rings is 1. The predicted molar refractivity (Wildman–Crippen MR) is 86.6 cm³/mol. The van der Waals surface area contributed by atoms with Crippen molar-refractivity contribution in [3.8, 4) is 0 Å². The Hall–Kier alpha value is -1.43. The Morgan fingerprint density at radius 1 is 1.41 bits per heavy atom. The van der Waals surface area contributed by atoms with E-state index in [9.17, 15) is 14.3 Å². The molecular formula is C16H17ClFNO2S. The molecule has 0 saturated carbocycles. The number of carbonyl (C=O) groups is 1. The van der Waals surface area contributed by atoms with Crippen molar-refractivity contribution >= 4 is 28.8 Å². The summed E-state index contributed by atoms with van der Waals surface area (Å²) in [6, 6.07) is 8.14. The van der Waals surface area contributed by atoms with Gasteiger partial charge in [0.25, 0.3) is 0 Å². The number of hydrogen-bond acceptors (Lipinski definition) is 3. The molecule has 0 saturated heterocycles. The molecule has 0 bridgehead atoms. The predicted octanol–water partition coefficient (Wildman–Crippen LogP) is 3.71. The SMILES string of the molecule is O=C(CCCc1cccs1)NCC(O)c1ccc(Cl)c(F)c1. The molecule has 0 aliphatic heterocycles. The minimum Gasteiger partial charge on any atom is -0.387 e. The number of nitrogens with one attached hydrogen (secondary N) is 1. The van der Waals surface area contributed by atoms with Gasteiger partial charge in [-0.05, 0) is 42.0 Å². The lowest BCUT2D eigenvalue weighted by molar-refractivity contribution is -0.121. The normalized spacial score (nSPS) is 12.1. The molecule has 2 aromatic rings. The third-order valence-electron chi connectivity index (χ3n) is 3.23. The second-order valence-corrected chi connectivity index (χ2v) is 6.37. The molecule has 1 aromatic carbocycles. The molecule has 3 nitrogen and oxygen atoms in total. The first-order chi connectivity index (χ1) is 10.6. The summed E-state index contributed by atoms with van der Waals surface area (Å²) < 4.78 is 13.3. The highest BCUT2D eigenvalue weighted by Gasteiger charge is 2.11. The van der Waals surface area contributed by atoms with E-state index in [4.69, 9.17) is 11.6 Å². The summed E-state index contributed by atoms with van der Waals surface area (Å²) in [6.07, 6.45) is 1.08. The number of amides is 1. The van der Waals surface area contributed by atoms with Crippen LogP contribution in [0.1, 0.15) is 29.4 Å². The second kappa shape index (κ2) is 8.27. The number of carbonyl (C=O) groups excluding carboxylic acids is 1. The maximum atomic E-state index is 13.3. The van der Waals surface area contributed by atoms with Crippen molar-refractivity contribution in [2.45, 2.75) is 25.4 Å². The van der Waals surface area contributed by atoms with E-state index >= 15 is 0 Å². The van der Waals surface area contributed by atoms with Crippen LogP contribution in [-0.2, 0) is 11.2 Å². The van der Waals surface area contributed by atoms with E-state index in [1.165, 1.54) is 17.0 Å². The van der Waals surface area contributed by atoms with E-state index in [1.54, 1.807) is 17.4 Å². The molecule has 6 heteroatoms. The first kappa shape index (κ1) is 16.9. The summed E-state index contributed by atoms with van der Waals surface area (Å²) in [5.41, 5.74) is 0.390. The number of benzene rings is 1. The average Bonchev–Trinajstić information content (AvgIpc) is 3.01. The van der Waals surface area contributed by atoms with Crippen molar-refractivity contribution < 1.29 is 14.3 Å². The molecule has 1 aromatic heterocycles. The molecule has 2 N–H and O–H groups in total. The van der Waals surface area contributed by atoms with Crippen LogP contribution in [0.25, 0.3) is 0 Å². The molecule has 1 amide bonds. The number of aliphatic hydroxyl groups is 1. The summed E-state index contributed by atoms with van der Waals surface area (Å²) in [6.45, 7) is 0.0545. The van der Waals surface area contributed by atoms with Crippen LogP contribution in [0.3, 0.4) is 0 Å². The highest BCUT2D eigenvalue weighted by Crippen LogP contribution is 2.20. The van der Waals surface area contributed by atoms with Gasteiger partial charge in [-0.15, -0.1) is 11.3 Å². The summed E-state index contributed by atoms with van der Waals surface area (Å²) in [4.78, 5) is 13.0. The van der Waals surface area contributed by atoms with Crippen LogP contribution >= 0.6 is 22.9 Å².